The highest BCUT2D eigenvalue weighted by Gasteiger charge is 2.48. The van der Waals surface area contributed by atoms with Gasteiger partial charge in [0.25, 0.3) is 5.91 Å². The molecule has 8 nitrogen and oxygen atoms in total. The van der Waals surface area contributed by atoms with E-state index in [1.54, 1.807) is 18.2 Å². The number of amides is 1. The zero-order chi connectivity index (χ0) is 26.3. The van der Waals surface area contributed by atoms with Crippen molar-refractivity contribution in [2.45, 2.75) is 32.7 Å². The summed E-state index contributed by atoms with van der Waals surface area (Å²) in [6.07, 6.45) is 0.408. The fourth-order valence-corrected chi connectivity index (χ4v) is 5.50. The third-order valence-corrected chi connectivity index (χ3v) is 7.08. The Morgan fingerprint density at radius 3 is 2.33 bits per heavy atom. The highest BCUT2D eigenvalue weighted by Crippen LogP contribution is 2.46. The van der Waals surface area contributed by atoms with Crippen LogP contribution in [-0.2, 0) is 27.3 Å². The number of aliphatic hydroxyl groups excluding tert-OH is 2. The van der Waals surface area contributed by atoms with Crippen LogP contribution in [-0.4, -0.2) is 32.8 Å². The average molecular weight is 495 g/mol. The zero-order valence-electron chi connectivity index (χ0n) is 19.6. The van der Waals surface area contributed by atoms with Gasteiger partial charge in [-0.2, -0.15) is 0 Å². The molecule has 0 radical (unpaired) electrons. The van der Waals surface area contributed by atoms with Gasteiger partial charge in [-0.3, -0.25) is 14.4 Å². The molecule has 9 heteroatoms. The van der Waals surface area contributed by atoms with Crippen LogP contribution in [0.1, 0.15) is 30.9 Å². The van der Waals surface area contributed by atoms with Crippen molar-refractivity contribution in [3.8, 4) is 16.9 Å². The Kier molecular flexibility index (Phi) is 6.69. The summed E-state index contributed by atoms with van der Waals surface area (Å²) in [5, 5.41) is 31.9. The second-order valence-corrected chi connectivity index (χ2v) is 9.33. The Balaban J connectivity index is 1.80. The molecule has 188 valence electrons. The fraction of sp³-hybridized carbons (Fsp3) is 0.296. The lowest BCUT2D eigenvalue weighted by molar-refractivity contribution is -0.126. The first-order chi connectivity index (χ1) is 17.0. The number of aliphatic hydroxyl groups is 2. The summed E-state index contributed by atoms with van der Waals surface area (Å²) in [5.41, 5.74) is 13.0. The largest absolute Gasteiger partial charge is 0.511 e. The van der Waals surface area contributed by atoms with Crippen molar-refractivity contribution in [1.29, 1.82) is 0 Å². The van der Waals surface area contributed by atoms with Gasteiger partial charge in [0.1, 0.15) is 28.7 Å². The van der Waals surface area contributed by atoms with E-state index in [1.165, 1.54) is 25.1 Å². The number of hydrogen-bond acceptors (Lipinski definition) is 7. The van der Waals surface area contributed by atoms with Crippen molar-refractivity contribution in [2.75, 3.05) is 0 Å². The molecule has 0 saturated heterocycles. The number of hydrogen-bond donors (Lipinski definition) is 5. The molecule has 1 amide bonds. The molecule has 0 aliphatic heterocycles. The first-order valence-electron chi connectivity index (χ1n) is 11.5. The van der Waals surface area contributed by atoms with Crippen LogP contribution < -0.4 is 11.5 Å². The summed E-state index contributed by atoms with van der Waals surface area (Å²) in [4.78, 5) is 37.3. The Morgan fingerprint density at radius 1 is 1.08 bits per heavy atom. The number of phenolic OH excluding ortho intramolecular Hbond substituents is 1. The van der Waals surface area contributed by atoms with Crippen molar-refractivity contribution in [3.05, 3.63) is 76.0 Å². The highest BCUT2D eigenvalue weighted by atomic mass is 19.1. The van der Waals surface area contributed by atoms with Gasteiger partial charge in [-0.1, -0.05) is 12.1 Å². The van der Waals surface area contributed by atoms with Crippen LogP contribution in [0.4, 0.5) is 4.39 Å². The smallest absolute Gasteiger partial charge is 0.255 e. The number of aromatic hydroxyl groups is 1. The van der Waals surface area contributed by atoms with Gasteiger partial charge in [0.05, 0.1) is 5.92 Å². The number of allylic oxidation sites excluding steroid dienone is 3. The molecule has 0 spiro atoms. The van der Waals surface area contributed by atoms with Gasteiger partial charge < -0.3 is 26.8 Å². The maximum Gasteiger partial charge on any atom is 0.255 e. The third-order valence-electron chi connectivity index (χ3n) is 7.08. The van der Waals surface area contributed by atoms with Crippen LogP contribution in [0.25, 0.3) is 11.1 Å². The molecule has 2 aromatic carbocycles. The normalized spacial score (nSPS) is 22.0. The van der Waals surface area contributed by atoms with Crippen LogP contribution >= 0.6 is 0 Å². The maximum atomic E-state index is 13.6. The number of Topliss-reactive ketones (excluding diaryl/α,β-unsaturated/α-hetero) is 2. The lowest BCUT2D eigenvalue weighted by Gasteiger charge is -2.38. The summed E-state index contributed by atoms with van der Waals surface area (Å²) in [6, 6.07) is 9.05. The number of ketones is 2. The second kappa shape index (κ2) is 9.58. The Labute approximate surface area is 206 Å². The standard InChI is InChI=1S/C27H27FN2O6/c1-12(31)22-15(7-16-10-21(33)24(27(30)36)26(35)23(16)25(22)34)6-14-9-20(32)17(11-29)8-19(14)13-2-4-18(28)5-3-13/h2-5,8-9,15-16,23,32-34H,6-7,10-11,29H2,1H3,(H2,30,36)/t15-,16-,23?/m0/s1. The topological polar surface area (TPSA) is 164 Å². The van der Waals surface area contributed by atoms with E-state index in [4.69, 9.17) is 11.5 Å². The lowest BCUT2D eigenvalue weighted by atomic mass is 9.65. The molecule has 0 heterocycles. The first kappa shape index (κ1) is 25.1. The van der Waals surface area contributed by atoms with Crippen molar-refractivity contribution in [1.82, 2.24) is 0 Å². The molecule has 4 rings (SSSR count). The number of rotatable bonds is 6. The minimum absolute atomic E-state index is 0.0378. The van der Waals surface area contributed by atoms with Crippen molar-refractivity contribution in [2.24, 2.45) is 29.2 Å². The first-order valence-corrected chi connectivity index (χ1v) is 11.5. The summed E-state index contributed by atoms with van der Waals surface area (Å²) in [7, 11) is 0. The van der Waals surface area contributed by atoms with Gasteiger partial charge in [-0.05, 0) is 72.6 Å². The van der Waals surface area contributed by atoms with E-state index in [2.05, 4.69) is 0 Å². The van der Waals surface area contributed by atoms with Crippen LogP contribution in [0.15, 0.2) is 59.1 Å². The van der Waals surface area contributed by atoms with Gasteiger partial charge in [0.2, 0.25) is 0 Å². The molecule has 1 unspecified atom stereocenters. The molecule has 2 aromatic rings. The van der Waals surface area contributed by atoms with E-state index >= 15 is 0 Å². The molecule has 2 aliphatic carbocycles. The van der Waals surface area contributed by atoms with Crippen LogP contribution in [0.3, 0.4) is 0 Å². The second-order valence-electron chi connectivity index (χ2n) is 9.33. The molecule has 0 bridgehead atoms. The SMILES string of the molecule is CC(=O)C1=C(O)C2C(=O)C(C(N)=O)=C(O)C[C@@H]2C[C@@H]1Cc1cc(O)c(CN)cc1-c1ccc(F)cc1. The van der Waals surface area contributed by atoms with Gasteiger partial charge in [0.15, 0.2) is 11.6 Å². The number of nitrogens with two attached hydrogens (primary N) is 2. The van der Waals surface area contributed by atoms with Crippen molar-refractivity contribution >= 4 is 17.5 Å². The van der Waals surface area contributed by atoms with Gasteiger partial charge in [-0.15, -0.1) is 0 Å². The monoisotopic (exact) mass is 494 g/mol. The maximum absolute atomic E-state index is 13.6. The molecule has 3 atom stereocenters. The van der Waals surface area contributed by atoms with Gasteiger partial charge in [0, 0.05) is 24.1 Å². The summed E-state index contributed by atoms with van der Waals surface area (Å²) < 4.78 is 13.6. The highest BCUT2D eigenvalue weighted by molar-refractivity contribution is 6.21. The molecule has 36 heavy (non-hydrogen) atoms. The average Bonchev–Trinajstić information content (AvgIpc) is 2.79. The van der Waals surface area contributed by atoms with Crippen LogP contribution in [0.2, 0.25) is 0 Å². The predicted octanol–water partition coefficient (Wildman–Crippen LogP) is 3.12. The summed E-state index contributed by atoms with van der Waals surface area (Å²) in [6.45, 7) is 1.35. The molecule has 7 N–H and O–H groups in total. The van der Waals surface area contributed by atoms with E-state index in [0.717, 1.165) is 0 Å². The molecular formula is C27H27FN2O6. The molecule has 2 aliphatic rings. The molecule has 0 saturated carbocycles. The minimum atomic E-state index is -1.15. The Morgan fingerprint density at radius 2 is 1.75 bits per heavy atom. The number of carbonyl (C=O) groups excluding carboxylic acids is 3. The van der Waals surface area contributed by atoms with E-state index < -0.39 is 58.1 Å². The number of carbonyl (C=O) groups is 3. The van der Waals surface area contributed by atoms with E-state index in [-0.39, 0.29) is 37.1 Å². The number of halogens is 1. The Bertz CT molecular complexity index is 1330. The molecule has 0 fully saturated rings. The lowest BCUT2D eigenvalue weighted by Crippen LogP contribution is -2.42. The van der Waals surface area contributed by atoms with Crippen LogP contribution in [0.5, 0.6) is 5.75 Å². The summed E-state index contributed by atoms with van der Waals surface area (Å²) in [5.74, 6) is -5.89. The van der Waals surface area contributed by atoms with Crippen LogP contribution in [0, 0.1) is 23.6 Å². The number of fused-ring (bicyclic) bond motifs is 1. The van der Waals surface area contributed by atoms with Crippen molar-refractivity contribution in [3.63, 3.8) is 0 Å². The molecular weight excluding hydrogens is 467 g/mol. The summed E-state index contributed by atoms with van der Waals surface area (Å²) >= 11 is 0. The molecule has 0 aromatic heterocycles. The minimum Gasteiger partial charge on any atom is -0.511 e. The fourth-order valence-electron chi connectivity index (χ4n) is 5.50. The van der Waals surface area contributed by atoms with E-state index in [0.29, 0.717) is 22.3 Å². The Hall–Kier alpha value is -3.98. The third kappa shape index (κ3) is 4.37. The van der Waals surface area contributed by atoms with Gasteiger partial charge >= 0.3 is 0 Å². The number of primary amides is 1. The van der Waals surface area contributed by atoms with E-state index in [1.807, 2.05) is 0 Å². The predicted molar refractivity (Wildman–Crippen MR) is 129 cm³/mol. The van der Waals surface area contributed by atoms with E-state index in [9.17, 15) is 34.1 Å². The quantitative estimate of drug-likeness (QED) is 0.385. The van der Waals surface area contributed by atoms with Gasteiger partial charge in [-0.25, -0.2) is 4.39 Å². The number of benzene rings is 2. The number of phenols is 1. The van der Waals surface area contributed by atoms with Crippen molar-refractivity contribution < 1.29 is 34.1 Å². The zero-order valence-corrected chi connectivity index (χ0v) is 19.6.